The van der Waals surface area contributed by atoms with Crippen LogP contribution in [0.2, 0.25) is 0 Å². The van der Waals surface area contributed by atoms with E-state index in [9.17, 15) is 0 Å². The van der Waals surface area contributed by atoms with Gasteiger partial charge >= 0.3 is 0 Å². The van der Waals surface area contributed by atoms with Gasteiger partial charge in [0, 0.05) is 14.6 Å². The van der Waals surface area contributed by atoms with Gasteiger partial charge < -0.3 is 5.73 Å². The number of benzene rings is 1. The normalized spacial score (nSPS) is 11.3. The molecule has 3 nitrogen and oxygen atoms in total. The first-order chi connectivity index (χ1) is 7.25. The Kier molecular flexibility index (Phi) is 1.90. The van der Waals surface area contributed by atoms with Crippen molar-refractivity contribution in [2.24, 2.45) is 0 Å². The van der Waals surface area contributed by atoms with Crippen molar-refractivity contribution in [2.75, 3.05) is 5.73 Å². The van der Waals surface area contributed by atoms with Crippen molar-refractivity contribution in [1.82, 2.24) is 9.97 Å². The summed E-state index contributed by atoms with van der Waals surface area (Å²) in [6.45, 7) is 0. The minimum atomic E-state index is 0.553. The molecule has 0 radical (unpaired) electrons. The van der Waals surface area contributed by atoms with Crippen molar-refractivity contribution < 1.29 is 0 Å². The molecule has 1 aromatic carbocycles. The van der Waals surface area contributed by atoms with Gasteiger partial charge in [0.05, 0.1) is 10.2 Å². The number of nitrogen functional groups attached to an aromatic ring is 1. The van der Waals surface area contributed by atoms with Gasteiger partial charge in [-0.1, -0.05) is 22.0 Å². The first kappa shape index (κ1) is 9.06. The molecule has 15 heavy (non-hydrogen) atoms. The number of anilines is 1. The Bertz CT molecular complexity index is 662. The highest BCUT2D eigenvalue weighted by Gasteiger charge is 2.08. The fourth-order valence-electron chi connectivity index (χ4n) is 1.57. The number of hydrogen-bond donors (Lipinski definition) is 1. The van der Waals surface area contributed by atoms with Crippen molar-refractivity contribution >= 4 is 53.4 Å². The summed E-state index contributed by atoms with van der Waals surface area (Å²) in [5.41, 5.74) is 6.75. The molecule has 0 saturated heterocycles. The molecule has 0 aliphatic rings. The molecular weight excluding hydrogens is 274 g/mol. The first-order valence-corrected chi connectivity index (χ1v) is 5.95. The van der Waals surface area contributed by atoms with Crippen molar-refractivity contribution in [3.05, 3.63) is 29.0 Å². The van der Waals surface area contributed by atoms with Gasteiger partial charge in [0.25, 0.3) is 0 Å². The van der Waals surface area contributed by atoms with Gasteiger partial charge in [-0.25, -0.2) is 9.97 Å². The lowest BCUT2D eigenvalue weighted by Gasteiger charge is -1.92. The Balaban J connectivity index is 2.57. The van der Waals surface area contributed by atoms with Gasteiger partial charge in [0.15, 0.2) is 0 Å². The zero-order chi connectivity index (χ0) is 10.4. The molecule has 2 aromatic heterocycles. The molecule has 0 bridgehead atoms. The number of aromatic nitrogens is 2. The van der Waals surface area contributed by atoms with Gasteiger partial charge in [0.2, 0.25) is 0 Å². The fraction of sp³-hybridized carbons (Fsp3) is 0. The summed E-state index contributed by atoms with van der Waals surface area (Å²) in [7, 11) is 0. The van der Waals surface area contributed by atoms with Crippen molar-refractivity contribution in [3.63, 3.8) is 0 Å². The minimum Gasteiger partial charge on any atom is -0.382 e. The van der Waals surface area contributed by atoms with Crippen LogP contribution in [0.4, 0.5) is 5.82 Å². The molecule has 2 heterocycles. The molecule has 0 atom stereocenters. The lowest BCUT2D eigenvalue weighted by Crippen LogP contribution is -1.89. The fourth-order valence-corrected chi connectivity index (χ4v) is 3.18. The molecular formula is C10H6BrN3S. The number of fused-ring (bicyclic) bond motifs is 3. The molecule has 2 N–H and O–H groups in total. The van der Waals surface area contributed by atoms with E-state index in [1.54, 1.807) is 11.3 Å². The van der Waals surface area contributed by atoms with E-state index in [2.05, 4.69) is 32.0 Å². The third-order valence-electron chi connectivity index (χ3n) is 2.24. The third-order valence-corrected chi connectivity index (χ3v) is 3.90. The van der Waals surface area contributed by atoms with E-state index in [1.807, 2.05) is 12.1 Å². The molecule has 0 amide bonds. The van der Waals surface area contributed by atoms with Gasteiger partial charge in [0.1, 0.15) is 12.1 Å². The highest BCUT2D eigenvalue weighted by molar-refractivity contribution is 9.10. The Morgan fingerprint density at radius 1 is 1.27 bits per heavy atom. The van der Waals surface area contributed by atoms with Crippen LogP contribution in [0.1, 0.15) is 0 Å². The molecule has 3 aromatic rings. The van der Waals surface area contributed by atoms with Gasteiger partial charge in [-0.15, -0.1) is 11.3 Å². The van der Waals surface area contributed by atoms with Gasteiger partial charge in [-0.2, -0.15) is 0 Å². The van der Waals surface area contributed by atoms with E-state index in [-0.39, 0.29) is 0 Å². The Labute approximate surface area is 98.1 Å². The molecule has 0 aliphatic carbocycles. The Morgan fingerprint density at radius 3 is 3.00 bits per heavy atom. The highest BCUT2D eigenvalue weighted by Crippen LogP contribution is 2.35. The molecule has 0 spiro atoms. The number of thiophene rings is 1. The largest absolute Gasteiger partial charge is 0.382 e. The lowest BCUT2D eigenvalue weighted by molar-refractivity contribution is 1.24. The summed E-state index contributed by atoms with van der Waals surface area (Å²) in [5, 5.41) is 1.13. The number of nitrogens with zero attached hydrogens (tertiary/aromatic N) is 2. The number of nitrogens with two attached hydrogens (primary N) is 1. The quantitative estimate of drug-likeness (QED) is 0.688. The van der Waals surface area contributed by atoms with Gasteiger partial charge in [-0.3, -0.25) is 0 Å². The number of halogens is 1. The number of hydrogen-bond acceptors (Lipinski definition) is 4. The topological polar surface area (TPSA) is 51.8 Å². The summed E-state index contributed by atoms with van der Waals surface area (Å²) in [6, 6.07) is 6.12. The van der Waals surface area contributed by atoms with E-state index in [4.69, 9.17) is 5.73 Å². The second-order valence-corrected chi connectivity index (χ2v) is 5.15. The van der Waals surface area contributed by atoms with E-state index in [0.717, 1.165) is 20.1 Å². The maximum Gasteiger partial charge on any atom is 0.144 e. The molecule has 0 saturated carbocycles. The van der Waals surface area contributed by atoms with Crippen LogP contribution < -0.4 is 5.73 Å². The summed E-state index contributed by atoms with van der Waals surface area (Å²) in [4.78, 5) is 8.25. The second kappa shape index (κ2) is 3.15. The predicted octanol–water partition coefficient (Wildman–Crippen LogP) is 3.19. The van der Waals surface area contributed by atoms with Gasteiger partial charge in [-0.05, 0) is 12.1 Å². The van der Waals surface area contributed by atoms with Crippen LogP contribution in [0.25, 0.3) is 20.3 Å². The zero-order valence-corrected chi connectivity index (χ0v) is 9.97. The van der Waals surface area contributed by atoms with E-state index < -0.39 is 0 Å². The smallest absolute Gasteiger partial charge is 0.144 e. The summed E-state index contributed by atoms with van der Waals surface area (Å²) < 4.78 is 3.20. The van der Waals surface area contributed by atoms with Crippen LogP contribution in [0, 0.1) is 0 Å². The van der Waals surface area contributed by atoms with Crippen LogP contribution in [-0.4, -0.2) is 9.97 Å². The molecule has 74 valence electrons. The number of rotatable bonds is 0. The Hall–Kier alpha value is -1.20. The highest BCUT2D eigenvalue weighted by atomic mass is 79.9. The average molecular weight is 280 g/mol. The first-order valence-electron chi connectivity index (χ1n) is 4.34. The Morgan fingerprint density at radius 2 is 2.13 bits per heavy atom. The van der Waals surface area contributed by atoms with E-state index in [1.165, 1.54) is 11.0 Å². The zero-order valence-electron chi connectivity index (χ0n) is 7.57. The monoisotopic (exact) mass is 279 g/mol. The lowest BCUT2D eigenvalue weighted by atomic mass is 10.2. The average Bonchev–Trinajstić information content (AvgIpc) is 2.57. The molecule has 0 aliphatic heterocycles. The van der Waals surface area contributed by atoms with Crippen LogP contribution in [0.5, 0.6) is 0 Å². The maximum atomic E-state index is 5.81. The molecule has 0 unspecified atom stereocenters. The standard InChI is InChI=1S/C10H6BrN3S/c11-5-1-2-6-7(3-5)15-9-8(6)13-4-14-10(9)12/h1-4H,(H2,12,13,14). The van der Waals surface area contributed by atoms with Crippen LogP contribution >= 0.6 is 27.3 Å². The van der Waals surface area contributed by atoms with Crippen LogP contribution in [0.15, 0.2) is 29.0 Å². The molecule has 0 fully saturated rings. The van der Waals surface area contributed by atoms with Crippen molar-refractivity contribution in [2.45, 2.75) is 0 Å². The summed E-state index contributed by atoms with van der Waals surface area (Å²) >= 11 is 5.07. The van der Waals surface area contributed by atoms with Crippen molar-refractivity contribution in [3.8, 4) is 0 Å². The SMILES string of the molecule is Nc1ncnc2c1sc1cc(Br)ccc12. The van der Waals surface area contributed by atoms with E-state index in [0.29, 0.717) is 5.82 Å². The van der Waals surface area contributed by atoms with Crippen molar-refractivity contribution in [1.29, 1.82) is 0 Å². The predicted molar refractivity (Wildman–Crippen MR) is 67.0 cm³/mol. The summed E-state index contributed by atoms with van der Waals surface area (Å²) in [5.74, 6) is 0.553. The van der Waals surface area contributed by atoms with Crippen LogP contribution in [-0.2, 0) is 0 Å². The van der Waals surface area contributed by atoms with Crippen LogP contribution in [0.3, 0.4) is 0 Å². The minimum absolute atomic E-state index is 0.553. The van der Waals surface area contributed by atoms with E-state index >= 15 is 0 Å². The molecule has 5 heteroatoms. The molecule has 3 rings (SSSR count). The third kappa shape index (κ3) is 1.31. The second-order valence-electron chi connectivity index (χ2n) is 3.18. The summed E-state index contributed by atoms with van der Waals surface area (Å²) in [6.07, 6.45) is 1.51. The maximum absolute atomic E-state index is 5.81.